The number of hydrogen-bond acceptors (Lipinski definition) is 3. The van der Waals surface area contributed by atoms with Crippen molar-refractivity contribution in [3.63, 3.8) is 0 Å². The fraction of sp³-hybridized carbons (Fsp3) is 0.357. The maximum Gasteiger partial charge on any atom is 0.148 e. The molecule has 1 atom stereocenters. The lowest BCUT2D eigenvalue weighted by Gasteiger charge is -2.13. The maximum atomic E-state index is 9.26. The fourth-order valence-corrected chi connectivity index (χ4v) is 1.77. The largest absolute Gasteiger partial charge is 0.508 e. The van der Waals surface area contributed by atoms with E-state index >= 15 is 0 Å². The van der Waals surface area contributed by atoms with Gasteiger partial charge in [0.1, 0.15) is 11.6 Å². The molecule has 1 unspecified atom stereocenters. The number of nitrogens with zero attached hydrogens (tertiary/aromatic N) is 2. The van der Waals surface area contributed by atoms with Gasteiger partial charge in [-0.1, -0.05) is 12.1 Å². The van der Waals surface area contributed by atoms with Crippen molar-refractivity contribution in [3.05, 3.63) is 42.1 Å². The zero-order valence-electron chi connectivity index (χ0n) is 11.0. The SMILES string of the molecule is CC(Nc1ccn(C(C)C)n1)c1ccc(O)cc1. The molecular formula is C14H19N3O. The Kier molecular flexibility index (Phi) is 3.55. The predicted octanol–water partition coefficient (Wildman–Crippen LogP) is 3.34. The summed E-state index contributed by atoms with van der Waals surface area (Å²) in [5, 5.41) is 17.0. The molecule has 1 aromatic carbocycles. The van der Waals surface area contributed by atoms with Crippen molar-refractivity contribution in [2.24, 2.45) is 0 Å². The highest BCUT2D eigenvalue weighted by molar-refractivity contribution is 5.38. The molecule has 2 aromatic rings. The summed E-state index contributed by atoms with van der Waals surface area (Å²) in [4.78, 5) is 0. The normalized spacial score (nSPS) is 12.7. The average Bonchev–Trinajstić information content (AvgIpc) is 2.78. The second-order valence-corrected chi connectivity index (χ2v) is 4.73. The third-order valence-electron chi connectivity index (χ3n) is 2.89. The second kappa shape index (κ2) is 5.12. The van der Waals surface area contributed by atoms with Crippen LogP contribution in [-0.4, -0.2) is 14.9 Å². The van der Waals surface area contributed by atoms with E-state index < -0.39 is 0 Å². The Labute approximate surface area is 107 Å². The Morgan fingerprint density at radius 3 is 2.33 bits per heavy atom. The first-order valence-electron chi connectivity index (χ1n) is 6.17. The number of anilines is 1. The Hall–Kier alpha value is -1.97. The van der Waals surface area contributed by atoms with Crippen LogP contribution >= 0.6 is 0 Å². The van der Waals surface area contributed by atoms with Crippen LogP contribution in [-0.2, 0) is 0 Å². The first kappa shape index (κ1) is 12.5. The summed E-state index contributed by atoms with van der Waals surface area (Å²) >= 11 is 0. The monoisotopic (exact) mass is 245 g/mol. The number of aromatic nitrogens is 2. The first-order chi connectivity index (χ1) is 8.56. The highest BCUT2D eigenvalue weighted by Gasteiger charge is 2.08. The highest BCUT2D eigenvalue weighted by atomic mass is 16.3. The summed E-state index contributed by atoms with van der Waals surface area (Å²) in [6.45, 7) is 6.27. The summed E-state index contributed by atoms with van der Waals surface area (Å²) in [5.74, 6) is 1.15. The van der Waals surface area contributed by atoms with E-state index in [9.17, 15) is 5.11 Å². The molecule has 0 fully saturated rings. The van der Waals surface area contributed by atoms with Crippen LogP contribution in [0.5, 0.6) is 5.75 Å². The lowest BCUT2D eigenvalue weighted by atomic mass is 10.1. The van der Waals surface area contributed by atoms with Gasteiger partial charge >= 0.3 is 0 Å². The topological polar surface area (TPSA) is 50.1 Å². The molecule has 0 aliphatic rings. The van der Waals surface area contributed by atoms with Crippen LogP contribution in [0, 0.1) is 0 Å². The van der Waals surface area contributed by atoms with E-state index in [1.54, 1.807) is 12.1 Å². The Balaban J connectivity index is 2.06. The summed E-state index contributed by atoms with van der Waals surface area (Å²) in [6, 6.07) is 9.70. The summed E-state index contributed by atoms with van der Waals surface area (Å²) in [6.07, 6.45) is 1.97. The van der Waals surface area contributed by atoms with E-state index in [-0.39, 0.29) is 11.8 Å². The molecule has 1 aromatic heterocycles. The molecule has 0 aliphatic carbocycles. The van der Waals surface area contributed by atoms with E-state index in [1.165, 1.54) is 0 Å². The van der Waals surface area contributed by atoms with E-state index in [0.29, 0.717) is 6.04 Å². The summed E-state index contributed by atoms with van der Waals surface area (Å²) in [5.41, 5.74) is 1.12. The van der Waals surface area contributed by atoms with Crippen molar-refractivity contribution in [1.82, 2.24) is 9.78 Å². The molecule has 0 saturated carbocycles. The van der Waals surface area contributed by atoms with Gasteiger partial charge in [0.05, 0.1) is 6.04 Å². The quantitative estimate of drug-likeness (QED) is 0.868. The molecule has 96 valence electrons. The molecule has 0 amide bonds. The van der Waals surface area contributed by atoms with Crippen LogP contribution in [0.2, 0.25) is 0 Å². The van der Waals surface area contributed by atoms with Crippen LogP contribution in [0.25, 0.3) is 0 Å². The molecule has 0 spiro atoms. The van der Waals surface area contributed by atoms with Gasteiger partial charge in [-0.3, -0.25) is 4.68 Å². The summed E-state index contributed by atoms with van der Waals surface area (Å²) in [7, 11) is 0. The van der Waals surface area contributed by atoms with Gasteiger partial charge in [0.15, 0.2) is 0 Å². The minimum Gasteiger partial charge on any atom is -0.508 e. The van der Waals surface area contributed by atoms with Crippen LogP contribution in [0.4, 0.5) is 5.82 Å². The van der Waals surface area contributed by atoms with E-state index in [0.717, 1.165) is 11.4 Å². The molecule has 4 heteroatoms. The van der Waals surface area contributed by atoms with Gasteiger partial charge in [-0.25, -0.2) is 0 Å². The maximum absolute atomic E-state index is 9.26. The predicted molar refractivity (Wildman–Crippen MR) is 72.8 cm³/mol. The molecule has 1 heterocycles. The van der Waals surface area contributed by atoms with Crippen molar-refractivity contribution in [1.29, 1.82) is 0 Å². The third-order valence-corrected chi connectivity index (χ3v) is 2.89. The lowest BCUT2D eigenvalue weighted by molar-refractivity contribution is 0.475. The van der Waals surface area contributed by atoms with Crippen molar-refractivity contribution in [2.75, 3.05) is 5.32 Å². The van der Waals surface area contributed by atoms with Gasteiger partial charge in [0.25, 0.3) is 0 Å². The molecule has 0 aliphatic heterocycles. The smallest absolute Gasteiger partial charge is 0.148 e. The molecule has 2 rings (SSSR count). The molecule has 0 saturated heterocycles. The Bertz CT molecular complexity index is 502. The van der Waals surface area contributed by atoms with Crippen LogP contribution in [0.1, 0.15) is 38.4 Å². The average molecular weight is 245 g/mol. The van der Waals surface area contributed by atoms with E-state index in [4.69, 9.17) is 0 Å². The Morgan fingerprint density at radius 2 is 1.78 bits per heavy atom. The van der Waals surface area contributed by atoms with Gasteiger partial charge in [-0.05, 0) is 38.5 Å². The van der Waals surface area contributed by atoms with Gasteiger partial charge in [0, 0.05) is 18.3 Å². The first-order valence-corrected chi connectivity index (χ1v) is 6.17. The van der Waals surface area contributed by atoms with Crippen molar-refractivity contribution in [2.45, 2.75) is 32.9 Å². The minimum atomic E-state index is 0.154. The third kappa shape index (κ3) is 2.83. The van der Waals surface area contributed by atoms with E-state index in [1.807, 2.05) is 29.1 Å². The standard InChI is InChI=1S/C14H19N3O/c1-10(2)17-9-8-14(16-17)15-11(3)12-4-6-13(18)7-5-12/h4-11,18H,1-3H3,(H,15,16). The molecule has 4 nitrogen and oxygen atoms in total. The second-order valence-electron chi connectivity index (χ2n) is 4.73. The van der Waals surface area contributed by atoms with Gasteiger partial charge < -0.3 is 10.4 Å². The van der Waals surface area contributed by atoms with Crippen LogP contribution in [0.3, 0.4) is 0 Å². The number of benzene rings is 1. The number of nitrogens with one attached hydrogen (secondary N) is 1. The zero-order valence-corrected chi connectivity index (χ0v) is 11.0. The molecule has 0 bridgehead atoms. The molecule has 0 radical (unpaired) electrons. The number of phenolic OH excluding ortho intramolecular Hbond substituents is 1. The van der Waals surface area contributed by atoms with E-state index in [2.05, 4.69) is 31.2 Å². The zero-order chi connectivity index (χ0) is 13.1. The number of hydrogen-bond donors (Lipinski definition) is 2. The van der Waals surface area contributed by atoms with Crippen molar-refractivity contribution < 1.29 is 5.11 Å². The van der Waals surface area contributed by atoms with Crippen molar-refractivity contribution >= 4 is 5.82 Å². The van der Waals surface area contributed by atoms with Crippen LogP contribution in [0.15, 0.2) is 36.5 Å². The van der Waals surface area contributed by atoms with Gasteiger partial charge in [-0.15, -0.1) is 0 Å². The summed E-state index contributed by atoms with van der Waals surface area (Å²) < 4.78 is 1.92. The molecule has 2 N–H and O–H groups in total. The Morgan fingerprint density at radius 1 is 1.11 bits per heavy atom. The lowest BCUT2D eigenvalue weighted by Crippen LogP contribution is -2.08. The molecular weight excluding hydrogens is 226 g/mol. The van der Waals surface area contributed by atoms with Crippen LogP contribution < -0.4 is 5.32 Å². The van der Waals surface area contributed by atoms with Gasteiger partial charge in [0.2, 0.25) is 0 Å². The fourth-order valence-electron chi connectivity index (χ4n) is 1.77. The number of aromatic hydroxyl groups is 1. The number of rotatable bonds is 4. The number of phenols is 1. The van der Waals surface area contributed by atoms with Crippen molar-refractivity contribution in [3.8, 4) is 5.75 Å². The molecule has 18 heavy (non-hydrogen) atoms. The van der Waals surface area contributed by atoms with Gasteiger partial charge in [-0.2, -0.15) is 5.10 Å². The minimum absolute atomic E-state index is 0.154. The highest BCUT2D eigenvalue weighted by Crippen LogP contribution is 2.20.